The van der Waals surface area contributed by atoms with Crippen LogP contribution in [0.2, 0.25) is 5.02 Å². The van der Waals surface area contributed by atoms with Crippen LogP contribution in [0.15, 0.2) is 48.5 Å². The molecule has 0 spiro atoms. The zero-order valence-electron chi connectivity index (χ0n) is 11.7. The van der Waals surface area contributed by atoms with Crippen LogP contribution < -0.4 is 0 Å². The molecule has 0 heterocycles. The lowest BCUT2D eigenvalue weighted by atomic mass is 10.1. The van der Waals surface area contributed by atoms with Gasteiger partial charge in [0.25, 0.3) is 0 Å². The summed E-state index contributed by atoms with van der Waals surface area (Å²) in [5.41, 5.74) is 3.08. The van der Waals surface area contributed by atoms with E-state index >= 15 is 0 Å². The smallest absolute Gasteiger partial charge is 0.0991 e. The van der Waals surface area contributed by atoms with E-state index in [0.717, 1.165) is 17.1 Å². The van der Waals surface area contributed by atoms with E-state index in [1.165, 1.54) is 5.56 Å². The molecule has 0 aliphatic carbocycles. The van der Waals surface area contributed by atoms with Gasteiger partial charge in [-0.05, 0) is 49.4 Å². The van der Waals surface area contributed by atoms with E-state index in [1.54, 1.807) is 0 Å². The fourth-order valence-corrected chi connectivity index (χ4v) is 2.29. The van der Waals surface area contributed by atoms with Crippen molar-refractivity contribution in [2.75, 3.05) is 7.05 Å². The normalized spacial score (nSPS) is 12.2. The maximum absolute atomic E-state index is 8.93. The molecular formula is C17H17ClN2. The molecule has 0 saturated carbocycles. The Bertz CT molecular complexity index is 614. The molecule has 0 bridgehead atoms. The van der Waals surface area contributed by atoms with Crippen LogP contribution in [0, 0.1) is 11.3 Å². The van der Waals surface area contributed by atoms with Crippen LogP contribution in [0.4, 0.5) is 0 Å². The zero-order chi connectivity index (χ0) is 14.5. The van der Waals surface area contributed by atoms with Crippen LogP contribution >= 0.6 is 11.6 Å². The predicted molar refractivity (Wildman–Crippen MR) is 82.5 cm³/mol. The second kappa shape index (κ2) is 6.56. The highest BCUT2D eigenvalue weighted by atomic mass is 35.5. The number of rotatable bonds is 4. The average molecular weight is 285 g/mol. The summed E-state index contributed by atoms with van der Waals surface area (Å²) in [4.78, 5) is 2.25. The Morgan fingerprint density at radius 2 is 1.90 bits per heavy atom. The predicted octanol–water partition coefficient (Wildman–Crippen LogP) is 4.40. The Labute approximate surface area is 125 Å². The van der Waals surface area contributed by atoms with E-state index in [4.69, 9.17) is 16.9 Å². The molecule has 0 N–H and O–H groups in total. The van der Waals surface area contributed by atoms with E-state index in [2.05, 4.69) is 37.1 Å². The van der Waals surface area contributed by atoms with E-state index in [-0.39, 0.29) is 6.04 Å². The molecule has 0 aliphatic rings. The topological polar surface area (TPSA) is 27.0 Å². The van der Waals surface area contributed by atoms with Crippen LogP contribution in [0.5, 0.6) is 0 Å². The molecule has 2 rings (SSSR count). The first-order chi connectivity index (χ1) is 9.60. The number of benzene rings is 2. The molecule has 2 nitrogen and oxygen atoms in total. The third kappa shape index (κ3) is 3.60. The maximum Gasteiger partial charge on any atom is 0.0991 e. The number of halogens is 1. The second-order valence-corrected chi connectivity index (χ2v) is 5.39. The molecule has 3 heteroatoms. The van der Waals surface area contributed by atoms with Crippen LogP contribution in [0.1, 0.15) is 29.7 Å². The Balaban J connectivity index is 2.09. The molecule has 0 saturated heterocycles. The highest BCUT2D eigenvalue weighted by Crippen LogP contribution is 2.22. The van der Waals surface area contributed by atoms with Gasteiger partial charge in [-0.15, -0.1) is 0 Å². The summed E-state index contributed by atoms with van der Waals surface area (Å²) < 4.78 is 0. The number of nitrogens with zero attached hydrogens (tertiary/aromatic N) is 2. The first kappa shape index (κ1) is 14.6. The molecule has 2 aromatic rings. The largest absolute Gasteiger partial charge is 0.295 e. The average Bonchev–Trinajstić information content (AvgIpc) is 2.47. The third-order valence-corrected chi connectivity index (χ3v) is 3.75. The Morgan fingerprint density at radius 1 is 1.20 bits per heavy atom. The molecule has 1 unspecified atom stereocenters. The molecule has 2 aromatic carbocycles. The number of hydrogen-bond donors (Lipinski definition) is 0. The van der Waals surface area contributed by atoms with Crippen molar-refractivity contribution in [3.63, 3.8) is 0 Å². The van der Waals surface area contributed by atoms with Gasteiger partial charge in [0.2, 0.25) is 0 Å². The van der Waals surface area contributed by atoms with Crippen molar-refractivity contribution in [2.45, 2.75) is 19.5 Å². The molecule has 0 fully saturated rings. The van der Waals surface area contributed by atoms with Crippen molar-refractivity contribution in [1.82, 2.24) is 4.90 Å². The van der Waals surface area contributed by atoms with Gasteiger partial charge in [-0.2, -0.15) is 5.26 Å². The Morgan fingerprint density at radius 3 is 2.55 bits per heavy atom. The number of nitriles is 1. The van der Waals surface area contributed by atoms with Gasteiger partial charge in [-0.25, -0.2) is 0 Å². The Kier molecular flexibility index (Phi) is 4.79. The summed E-state index contributed by atoms with van der Waals surface area (Å²) >= 11 is 5.91. The SMILES string of the molecule is CC(c1ccc(Cl)cc1)N(C)Cc1cccc(C#N)c1. The van der Waals surface area contributed by atoms with E-state index < -0.39 is 0 Å². The molecular weight excluding hydrogens is 268 g/mol. The maximum atomic E-state index is 8.93. The van der Waals surface area contributed by atoms with Crippen LogP contribution in [-0.4, -0.2) is 11.9 Å². The van der Waals surface area contributed by atoms with E-state index in [1.807, 2.05) is 36.4 Å². The van der Waals surface area contributed by atoms with Crippen molar-refractivity contribution in [3.8, 4) is 6.07 Å². The lowest BCUT2D eigenvalue weighted by Gasteiger charge is -2.25. The van der Waals surface area contributed by atoms with Gasteiger partial charge in [0, 0.05) is 17.6 Å². The standard InChI is InChI=1S/C17H17ClN2/c1-13(16-6-8-17(18)9-7-16)20(2)12-15-5-3-4-14(10-15)11-19/h3-10,13H,12H2,1-2H3. The summed E-state index contributed by atoms with van der Waals surface area (Å²) in [7, 11) is 2.08. The minimum absolute atomic E-state index is 0.290. The molecule has 102 valence electrons. The summed E-state index contributed by atoms with van der Waals surface area (Å²) in [6.45, 7) is 2.97. The highest BCUT2D eigenvalue weighted by Gasteiger charge is 2.12. The zero-order valence-corrected chi connectivity index (χ0v) is 12.4. The van der Waals surface area contributed by atoms with Gasteiger partial charge in [0.15, 0.2) is 0 Å². The fourth-order valence-electron chi connectivity index (χ4n) is 2.16. The van der Waals surface area contributed by atoms with E-state index in [9.17, 15) is 0 Å². The van der Waals surface area contributed by atoms with Crippen molar-refractivity contribution in [3.05, 3.63) is 70.2 Å². The second-order valence-electron chi connectivity index (χ2n) is 4.95. The van der Waals surface area contributed by atoms with Crippen molar-refractivity contribution in [2.24, 2.45) is 0 Å². The van der Waals surface area contributed by atoms with Crippen molar-refractivity contribution < 1.29 is 0 Å². The van der Waals surface area contributed by atoms with Gasteiger partial charge < -0.3 is 0 Å². The minimum atomic E-state index is 0.290. The lowest BCUT2D eigenvalue weighted by molar-refractivity contribution is 0.253. The Hall–Kier alpha value is -1.82. The highest BCUT2D eigenvalue weighted by molar-refractivity contribution is 6.30. The molecule has 1 atom stereocenters. The summed E-state index contributed by atoms with van der Waals surface area (Å²) in [6.07, 6.45) is 0. The van der Waals surface area contributed by atoms with E-state index in [0.29, 0.717) is 5.56 Å². The van der Waals surface area contributed by atoms with Crippen LogP contribution in [0.3, 0.4) is 0 Å². The molecule has 0 aliphatic heterocycles. The van der Waals surface area contributed by atoms with Crippen LogP contribution in [-0.2, 0) is 6.54 Å². The molecule has 0 amide bonds. The van der Waals surface area contributed by atoms with Gasteiger partial charge in [-0.1, -0.05) is 35.9 Å². The van der Waals surface area contributed by atoms with Crippen molar-refractivity contribution in [1.29, 1.82) is 5.26 Å². The quantitative estimate of drug-likeness (QED) is 0.832. The number of hydrogen-bond acceptors (Lipinski definition) is 2. The van der Waals surface area contributed by atoms with Gasteiger partial charge in [-0.3, -0.25) is 4.90 Å². The monoisotopic (exact) mass is 284 g/mol. The molecule has 0 radical (unpaired) electrons. The van der Waals surface area contributed by atoms with Gasteiger partial charge in [0.05, 0.1) is 11.6 Å². The van der Waals surface area contributed by atoms with Gasteiger partial charge >= 0.3 is 0 Å². The summed E-state index contributed by atoms with van der Waals surface area (Å²) in [6, 6.07) is 18.1. The van der Waals surface area contributed by atoms with Crippen LogP contribution in [0.25, 0.3) is 0 Å². The first-order valence-corrected chi connectivity index (χ1v) is 6.92. The molecule has 0 aromatic heterocycles. The minimum Gasteiger partial charge on any atom is -0.295 e. The van der Waals surface area contributed by atoms with Gasteiger partial charge in [0.1, 0.15) is 0 Å². The fraction of sp³-hybridized carbons (Fsp3) is 0.235. The third-order valence-electron chi connectivity index (χ3n) is 3.50. The molecule has 20 heavy (non-hydrogen) atoms. The lowest BCUT2D eigenvalue weighted by Crippen LogP contribution is -2.21. The summed E-state index contributed by atoms with van der Waals surface area (Å²) in [5, 5.41) is 9.69. The van der Waals surface area contributed by atoms with Crippen molar-refractivity contribution >= 4 is 11.6 Å². The first-order valence-electron chi connectivity index (χ1n) is 6.55. The summed E-state index contributed by atoms with van der Waals surface area (Å²) in [5.74, 6) is 0.